The number of nitrogens with one attached hydrogen (secondary N) is 1. The van der Waals surface area contributed by atoms with E-state index in [9.17, 15) is 9.59 Å². The third-order valence-corrected chi connectivity index (χ3v) is 3.40. The molecule has 0 aliphatic heterocycles. The highest BCUT2D eigenvalue weighted by molar-refractivity contribution is 5.90. The van der Waals surface area contributed by atoms with Crippen molar-refractivity contribution in [1.82, 2.24) is 5.32 Å². The summed E-state index contributed by atoms with van der Waals surface area (Å²) in [6, 6.07) is 6.55. The molecule has 1 atom stereocenters. The van der Waals surface area contributed by atoms with Gasteiger partial charge in [0, 0.05) is 6.42 Å². The lowest BCUT2D eigenvalue weighted by atomic mass is 10.1. The molecule has 0 unspecified atom stereocenters. The molecule has 7 heteroatoms. The van der Waals surface area contributed by atoms with E-state index in [2.05, 4.69) is 22.0 Å². The van der Waals surface area contributed by atoms with Crippen molar-refractivity contribution in [2.45, 2.75) is 58.6 Å². The number of ether oxygens (including phenoxy) is 3. The summed E-state index contributed by atoms with van der Waals surface area (Å²) in [5.41, 5.74) is 0.199. The molecule has 2 amide bonds. The first-order valence-corrected chi connectivity index (χ1v) is 9.05. The van der Waals surface area contributed by atoms with Crippen molar-refractivity contribution in [3.63, 3.8) is 0 Å². The molecule has 1 aromatic rings. The maximum atomic E-state index is 12.3. The Morgan fingerprint density at radius 2 is 1.89 bits per heavy atom. The number of aliphatic imine (C=N–C) groups is 1. The van der Waals surface area contributed by atoms with E-state index < -0.39 is 23.6 Å². The average Bonchev–Trinajstić information content (AvgIpc) is 2.59. The first kappa shape index (κ1) is 22.5. The van der Waals surface area contributed by atoms with E-state index in [1.807, 2.05) is 24.3 Å². The topological polar surface area (TPSA) is 86.2 Å². The Hall–Kier alpha value is -2.57. The molecule has 0 aliphatic carbocycles. The van der Waals surface area contributed by atoms with Gasteiger partial charge < -0.3 is 19.5 Å². The maximum Gasteiger partial charge on any atom is 0.408 e. The third-order valence-electron chi connectivity index (χ3n) is 3.40. The van der Waals surface area contributed by atoms with Gasteiger partial charge in [0.1, 0.15) is 17.4 Å². The fourth-order valence-corrected chi connectivity index (χ4v) is 2.14. The molecule has 0 heterocycles. The second-order valence-corrected chi connectivity index (χ2v) is 7.06. The van der Waals surface area contributed by atoms with Crippen LogP contribution in [0.2, 0.25) is 0 Å². The highest BCUT2D eigenvalue weighted by Gasteiger charge is 2.24. The quantitative estimate of drug-likeness (QED) is 0.404. The Kier molecular flexibility index (Phi) is 9.33. The van der Waals surface area contributed by atoms with E-state index >= 15 is 0 Å². The molecule has 0 radical (unpaired) electrons. The van der Waals surface area contributed by atoms with Crippen molar-refractivity contribution in [3.05, 3.63) is 29.8 Å². The number of benzene rings is 1. The van der Waals surface area contributed by atoms with E-state index in [1.54, 1.807) is 20.8 Å². The number of alkyl carbamates (subject to hydrolysis) is 1. The van der Waals surface area contributed by atoms with Gasteiger partial charge in [0.15, 0.2) is 6.40 Å². The van der Waals surface area contributed by atoms with Crippen LogP contribution in [0.3, 0.4) is 0 Å². The summed E-state index contributed by atoms with van der Waals surface area (Å²) in [4.78, 5) is 28.0. The van der Waals surface area contributed by atoms with Gasteiger partial charge in [0.2, 0.25) is 0 Å². The maximum absolute atomic E-state index is 12.3. The van der Waals surface area contributed by atoms with Crippen LogP contribution in [0, 0.1) is 0 Å². The lowest BCUT2D eigenvalue weighted by molar-refractivity contribution is -0.119. The van der Waals surface area contributed by atoms with Crippen LogP contribution in [0.25, 0.3) is 0 Å². The van der Waals surface area contributed by atoms with Crippen molar-refractivity contribution in [3.8, 4) is 5.75 Å². The van der Waals surface area contributed by atoms with Crippen LogP contribution < -0.4 is 10.1 Å². The zero-order valence-corrected chi connectivity index (χ0v) is 16.8. The number of unbranched alkanes of at least 4 members (excludes halogenated alkanes) is 1. The summed E-state index contributed by atoms with van der Waals surface area (Å²) < 4.78 is 15.5. The van der Waals surface area contributed by atoms with Crippen LogP contribution in [0.4, 0.5) is 4.79 Å². The minimum absolute atomic E-state index is 0.272. The largest absolute Gasteiger partial charge is 0.494 e. The highest BCUT2D eigenvalue weighted by Crippen LogP contribution is 2.15. The van der Waals surface area contributed by atoms with E-state index in [1.165, 1.54) is 7.11 Å². The van der Waals surface area contributed by atoms with E-state index in [0.29, 0.717) is 6.61 Å². The van der Waals surface area contributed by atoms with E-state index in [0.717, 1.165) is 30.6 Å². The summed E-state index contributed by atoms with van der Waals surface area (Å²) in [5, 5.41) is 2.58. The predicted molar refractivity (Wildman–Crippen MR) is 104 cm³/mol. The SMILES string of the molecule is CCCCOc1ccc(C[C@H](NC(=O)OC(C)(C)C)C(=O)N=COC)cc1. The summed E-state index contributed by atoms with van der Waals surface area (Å²) in [7, 11) is 1.39. The summed E-state index contributed by atoms with van der Waals surface area (Å²) in [6.45, 7) is 8.04. The molecule has 0 saturated carbocycles. The van der Waals surface area contributed by atoms with Gasteiger partial charge in [0.25, 0.3) is 5.91 Å². The first-order valence-electron chi connectivity index (χ1n) is 9.05. The lowest BCUT2D eigenvalue weighted by Gasteiger charge is -2.22. The number of hydrogen-bond donors (Lipinski definition) is 1. The zero-order valence-electron chi connectivity index (χ0n) is 16.8. The Balaban J connectivity index is 2.79. The molecular formula is C20H30N2O5. The van der Waals surface area contributed by atoms with Crippen LogP contribution in [0.5, 0.6) is 5.75 Å². The molecule has 1 N–H and O–H groups in total. The Morgan fingerprint density at radius 3 is 2.44 bits per heavy atom. The lowest BCUT2D eigenvalue weighted by Crippen LogP contribution is -2.44. The Labute approximate surface area is 161 Å². The molecular weight excluding hydrogens is 348 g/mol. The van der Waals surface area contributed by atoms with Crippen LogP contribution in [0.15, 0.2) is 29.3 Å². The van der Waals surface area contributed by atoms with Gasteiger partial charge in [-0.2, -0.15) is 4.99 Å². The second kappa shape index (κ2) is 11.2. The number of methoxy groups -OCH3 is 1. The molecule has 0 spiro atoms. The van der Waals surface area contributed by atoms with Crippen molar-refractivity contribution < 1.29 is 23.8 Å². The van der Waals surface area contributed by atoms with Gasteiger partial charge in [-0.3, -0.25) is 4.79 Å². The van der Waals surface area contributed by atoms with Crippen LogP contribution in [0.1, 0.15) is 46.1 Å². The molecule has 0 fully saturated rings. The van der Waals surface area contributed by atoms with Crippen molar-refractivity contribution in [2.75, 3.05) is 13.7 Å². The van der Waals surface area contributed by atoms with Crippen LogP contribution in [-0.2, 0) is 20.7 Å². The molecule has 0 aliphatic rings. The van der Waals surface area contributed by atoms with Crippen LogP contribution in [-0.4, -0.2) is 43.8 Å². The standard InChI is InChI=1S/C20H30N2O5/c1-6-7-12-26-16-10-8-15(9-11-16)13-17(18(23)21-14-25-5)22-19(24)27-20(2,3)4/h8-11,14,17H,6-7,12-13H2,1-5H3,(H,22,24)/t17-/m0/s1. The molecule has 1 aromatic carbocycles. The molecule has 27 heavy (non-hydrogen) atoms. The molecule has 0 aromatic heterocycles. The normalized spacial score (nSPS) is 12.5. The van der Waals surface area contributed by atoms with Gasteiger partial charge in [-0.15, -0.1) is 0 Å². The monoisotopic (exact) mass is 378 g/mol. The van der Waals surface area contributed by atoms with Crippen molar-refractivity contribution >= 4 is 18.4 Å². The molecule has 7 nitrogen and oxygen atoms in total. The van der Waals surface area contributed by atoms with Gasteiger partial charge in [0.05, 0.1) is 13.7 Å². The van der Waals surface area contributed by atoms with Crippen molar-refractivity contribution in [2.24, 2.45) is 4.99 Å². The third kappa shape index (κ3) is 9.63. The summed E-state index contributed by atoms with van der Waals surface area (Å²) in [6.07, 6.45) is 2.70. The van der Waals surface area contributed by atoms with Gasteiger partial charge in [-0.25, -0.2) is 4.79 Å². The first-order chi connectivity index (χ1) is 12.7. The van der Waals surface area contributed by atoms with E-state index in [4.69, 9.17) is 9.47 Å². The Morgan fingerprint density at radius 1 is 1.22 bits per heavy atom. The van der Waals surface area contributed by atoms with Gasteiger partial charge in [-0.1, -0.05) is 25.5 Å². The number of hydrogen-bond acceptors (Lipinski definition) is 5. The average molecular weight is 378 g/mol. The van der Waals surface area contributed by atoms with E-state index in [-0.39, 0.29) is 6.42 Å². The minimum Gasteiger partial charge on any atom is -0.494 e. The number of carbonyl (C=O) groups is 2. The zero-order chi connectivity index (χ0) is 20.3. The molecule has 0 saturated heterocycles. The number of carbonyl (C=O) groups excluding carboxylic acids is 2. The van der Waals surface area contributed by atoms with Crippen LogP contribution >= 0.6 is 0 Å². The second-order valence-electron chi connectivity index (χ2n) is 7.06. The van der Waals surface area contributed by atoms with Gasteiger partial charge >= 0.3 is 6.09 Å². The minimum atomic E-state index is -0.863. The molecule has 1 rings (SSSR count). The number of nitrogens with zero attached hydrogens (tertiary/aromatic N) is 1. The fraction of sp³-hybridized carbons (Fsp3) is 0.550. The van der Waals surface area contributed by atoms with Gasteiger partial charge in [-0.05, 0) is 44.9 Å². The molecule has 150 valence electrons. The number of rotatable bonds is 9. The Bertz CT molecular complexity index is 620. The smallest absolute Gasteiger partial charge is 0.408 e. The summed E-state index contributed by atoms with van der Waals surface area (Å²) >= 11 is 0. The number of amides is 2. The predicted octanol–water partition coefficient (Wildman–Crippen LogP) is 3.50. The highest BCUT2D eigenvalue weighted by atomic mass is 16.6. The summed E-state index contributed by atoms with van der Waals surface area (Å²) in [5.74, 6) is 0.249. The fourth-order valence-electron chi connectivity index (χ4n) is 2.14. The molecule has 0 bridgehead atoms. The van der Waals surface area contributed by atoms with Crippen molar-refractivity contribution in [1.29, 1.82) is 0 Å².